The number of aromatic nitrogens is 2. The minimum atomic E-state index is -0.576. The molecule has 2 heterocycles. The van der Waals surface area contributed by atoms with Gasteiger partial charge in [-0.1, -0.05) is 18.2 Å². The number of fused-ring (bicyclic) bond motifs is 1. The summed E-state index contributed by atoms with van der Waals surface area (Å²) >= 11 is 5.62. The van der Waals surface area contributed by atoms with Gasteiger partial charge in [-0.15, -0.1) is 0 Å². The van der Waals surface area contributed by atoms with Crippen molar-refractivity contribution in [2.24, 2.45) is 0 Å². The lowest BCUT2D eigenvalue weighted by Gasteiger charge is -2.09. The molecule has 1 aromatic heterocycles. The zero-order valence-electron chi connectivity index (χ0n) is 9.07. The Morgan fingerprint density at radius 1 is 1.53 bits per heavy atom. The maximum Gasteiger partial charge on any atom is 0.331 e. The second-order valence-corrected chi connectivity index (χ2v) is 4.41. The van der Waals surface area contributed by atoms with Crippen LogP contribution in [-0.2, 0) is 19.5 Å². The lowest BCUT2D eigenvalue weighted by molar-refractivity contribution is 0.605. The number of nitrogens with zero attached hydrogens (tertiary/aromatic N) is 3. The first-order valence-corrected chi connectivity index (χ1v) is 5.54. The molecule has 1 aromatic rings. The van der Waals surface area contributed by atoms with Crippen LogP contribution in [-0.4, -0.2) is 9.13 Å². The van der Waals surface area contributed by atoms with Gasteiger partial charge in [-0.05, 0) is 12.8 Å². The number of nitriles is 1. The normalized spacial score (nSPS) is 13.2. The fourth-order valence-corrected chi connectivity index (χ4v) is 2.18. The molecule has 2 rings (SSSR count). The summed E-state index contributed by atoms with van der Waals surface area (Å²) in [5, 5.41) is 9.18. The monoisotopic (exact) mass is 251 g/mol. The van der Waals surface area contributed by atoms with Crippen LogP contribution in [0, 0.1) is 11.3 Å². The zero-order chi connectivity index (χ0) is 12.6. The topological polar surface area (TPSA) is 67.8 Å². The van der Waals surface area contributed by atoms with Crippen molar-refractivity contribution in [3.8, 4) is 6.07 Å². The van der Waals surface area contributed by atoms with Crippen molar-refractivity contribution < 1.29 is 0 Å². The molecule has 0 amide bonds. The maximum atomic E-state index is 12.0. The van der Waals surface area contributed by atoms with E-state index in [0.717, 1.165) is 11.0 Å². The average molecular weight is 252 g/mol. The van der Waals surface area contributed by atoms with E-state index in [-0.39, 0.29) is 17.1 Å². The minimum Gasteiger partial charge on any atom is -0.296 e. The van der Waals surface area contributed by atoms with E-state index in [1.54, 1.807) is 0 Å². The van der Waals surface area contributed by atoms with Crippen LogP contribution in [0.2, 0.25) is 0 Å². The van der Waals surface area contributed by atoms with Gasteiger partial charge in [-0.25, -0.2) is 4.79 Å². The molecule has 6 heteroatoms. The lowest BCUT2D eigenvalue weighted by atomic mass is 10.2. The highest BCUT2D eigenvalue weighted by atomic mass is 35.5. The summed E-state index contributed by atoms with van der Waals surface area (Å²) in [6.07, 6.45) is 1.37. The molecule has 0 bridgehead atoms. The van der Waals surface area contributed by atoms with Crippen LogP contribution >= 0.6 is 11.6 Å². The van der Waals surface area contributed by atoms with Crippen molar-refractivity contribution in [3.63, 3.8) is 0 Å². The summed E-state index contributed by atoms with van der Waals surface area (Å²) in [6, 6.07) is 1.87. The SMILES string of the molecule is C=C(Cl)Cn1c(=O)c(C#N)c2n(c1=O)CCC2. The van der Waals surface area contributed by atoms with E-state index in [1.165, 1.54) is 4.57 Å². The molecule has 88 valence electrons. The standard InChI is InChI=1S/C11H10ClN3O2/c1-7(12)6-15-10(16)8(5-13)9-3-2-4-14(9)11(15)17/h1-4,6H2. The Hall–Kier alpha value is -1.80. The Balaban J connectivity index is 2.79. The Morgan fingerprint density at radius 3 is 2.82 bits per heavy atom. The van der Waals surface area contributed by atoms with Crippen molar-refractivity contribution >= 4 is 11.6 Å². The van der Waals surface area contributed by atoms with Gasteiger partial charge in [0.05, 0.1) is 6.54 Å². The molecule has 0 atom stereocenters. The third kappa shape index (κ3) is 1.81. The Bertz CT molecular complexity index is 648. The van der Waals surface area contributed by atoms with Crippen molar-refractivity contribution in [2.75, 3.05) is 0 Å². The molecule has 0 aliphatic carbocycles. The second kappa shape index (κ2) is 4.22. The number of rotatable bonds is 2. The Labute approximate surface area is 102 Å². The molecule has 0 unspecified atom stereocenters. The zero-order valence-corrected chi connectivity index (χ0v) is 9.83. The summed E-state index contributed by atoms with van der Waals surface area (Å²) < 4.78 is 2.43. The molecule has 0 saturated carbocycles. The molecular formula is C11H10ClN3O2. The van der Waals surface area contributed by atoms with Crippen molar-refractivity contribution in [1.82, 2.24) is 9.13 Å². The third-order valence-corrected chi connectivity index (χ3v) is 2.89. The quantitative estimate of drug-likeness (QED) is 0.772. The summed E-state index contributed by atoms with van der Waals surface area (Å²) in [7, 11) is 0. The minimum absolute atomic E-state index is 0.0417. The first-order valence-electron chi connectivity index (χ1n) is 5.16. The van der Waals surface area contributed by atoms with Crippen LogP contribution in [0.15, 0.2) is 21.2 Å². The predicted octanol–water partition coefficient (Wildman–Crippen LogP) is 0.580. The highest BCUT2D eigenvalue weighted by Crippen LogP contribution is 2.13. The Morgan fingerprint density at radius 2 is 2.24 bits per heavy atom. The molecule has 0 fully saturated rings. The number of halogens is 1. The van der Waals surface area contributed by atoms with Crippen LogP contribution in [0.1, 0.15) is 17.7 Å². The van der Waals surface area contributed by atoms with Gasteiger partial charge in [-0.2, -0.15) is 5.26 Å². The molecule has 5 nitrogen and oxygen atoms in total. The highest BCUT2D eigenvalue weighted by Gasteiger charge is 2.22. The van der Waals surface area contributed by atoms with E-state index in [0.29, 0.717) is 18.7 Å². The molecule has 17 heavy (non-hydrogen) atoms. The smallest absolute Gasteiger partial charge is 0.296 e. The van der Waals surface area contributed by atoms with Gasteiger partial charge in [0, 0.05) is 17.3 Å². The van der Waals surface area contributed by atoms with E-state index >= 15 is 0 Å². The van der Waals surface area contributed by atoms with Gasteiger partial charge in [-0.3, -0.25) is 13.9 Å². The highest BCUT2D eigenvalue weighted by molar-refractivity contribution is 6.29. The molecule has 1 aliphatic heterocycles. The van der Waals surface area contributed by atoms with E-state index in [9.17, 15) is 9.59 Å². The largest absolute Gasteiger partial charge is 0.331 e. The predicted molar refractivity (Wildman–Crippen MR) is 63.0 cm³/mol. The van der Waals surface area contributed by atoms with Crippen molar-refractivity contribution in [3.05, 3.63) is 43.7 Å². The van der Waals surface area contributed by atoms with Gasteiger partial charge in [0.1, 0.15) is 11.6 Å². The number of allylic oxidation sites excluding steroid dienone is 1. The number of hydrogen-bond acceptors (Lipinski definition) is 3. The lowest BCUT2D eigenvalue weighted by Crippen LogP contribution is -2.41. The van der Waals surface area contributed by atoms with Crippen molar-refractivity contribution in [1.29, 1.82) is 5.26 Å². The summed E-state index contributed by atoms with van der Waals surface area (Å²) in [4.78, 5) is 23.9. The first-order chi connectivity index (χ1) is 8.06. The summed E-state index contributed by atoms with van der Waals surface area (Å²) in [5.41, 5.74) is -0.408. The van der Waals surface area contributed by atoms with Crippen LogP contribution in [0.5, 0.6) is 0 Å². The van der Waals surface area contributed by atoms with E-state index in [1.807, 2.05) is 6.07 Å². The second-order valence-electron chi connectivity index (χ2n) is 3.88. The van der Waals surface area contributed by atoms with Gasteiger partial charge >= 0.3 is 5.69 Å². The van der Waals surface area contributed by atoms with Crippen molar-refractivity contribution in [2.45, 2.75) is 25.9 Å². The molecule has 0 spiro atoms. The van der Waals surface area contributed by atoms with Crippen LogP contribution < -0.4 is 11.2 Å². The van der Waals surface area contributed by atoms with Gasteiger partial charge in [0.25, 0.3) is 5.56 Å². The molecule has 0 saturated heterocycles. The van der Waals surface area contributed by atoms with E-state index in [4.69, 9.17) is 16.9 Å². The fourth-order valence-electron chi connectivity index (χ4n) is 2.06. The Kier molecular flexibility index (Phi) is 2.90. The fraction of sp³-hybridized carbons (Fsp3) is 0.364. The average Bonchev–Trinajstić information content (AvgIpc) is 2.73. The molecule has 1 aliphatic rings. The molecule has 0 radical (unpaired) electrons. The van der Waals surface area contributed by atoms with Gasteiger partial charge in [0.15, 0.2) is 0 Å². The van der Waals surface area contributed by atoms with Crippen LogP contribution in [0.3, 0.4) is 0 Å². The maximum absolute atomic E-state index is 12.0. The van der Waals surface area contributed by atoms with Gasteiger partial charge in [0.2, 0.25) is 0 Å². The van der Waals surface area contributed by atoms with E-state index in [2.05, 4.69) is 6.58 Å². The van der Waals surface area contributed by atoms with E-state index < -0.39 is 11.2 Å². The first kappa shape index (κ1) is 11.7. The molecular weight excluding hydrogens is 242 g/mol. The van der Waals surface area contributed by atoms with Gasteiger partial charge < -0.3 is 0 Å². The third-order valence-electron chi connectivity index (χ3n) is 2.77. The molecule has 0 N–H and O–H groups in total. The summed E-state index contributed by atoms with van der Waals surface area (Å²) in [6.45, 7) is 3.93. The number of hydrogen-bond donors (Lipinski definition) is 0. The molecule has 0 aromatic carbocycles. The van der Waals surface area contributed by atoms with Crippen LogP contribution in [0.4, 0.5) is 0 Å². The van der Waals surface area contributed by atoms with Crippen LogP contribution in [0.25, 0.3) is 0 Å². The summed E-state index contributed by atoms with van der Waals surface area (Å²) in [5.74, 6) is 0.